The molecule has 0 radical (unpaired) electrons. The normalized spacial score (nSPS) is 11.9. The van der Waals surface area contributed by atoms with E-state index < -0.39 is 18.6 Å². The van der Waals surface area contributed by atoms with Crippen molar-refractivity contribution < 1.29 is 22.8 Å². The molecule has 0 fully saturated rings. The topological polar surface area (TPSA) is 58.2 Å². The monoisotopic (exact) mass is 348 g/mol. The second-order valence-corrected chi connectivity index (χ2v) is 7.59. The summed E-state index contributed by atoms with van der Waals surface area (Å²) < 4.78 is 36.4. The molecule has 1 aromatic carbocycles. The highest BCUT2D eigenvalue weighted by Gasteiger charge is 2.28. The van der Waals surface area contributed by atoms with Gasteiger partial charge >= 0.3 is 6.18 Å². The van der Waals surface area contributed by atoms with Crippen LogP contribution in [-0.4, -0.2) is 35.0 Å². The Labute approximate surface area is 137 Å². The van der Waals surface area contributed by atoms with E-state index in [4.69, 9.17) is 0 Å². The SMILES string of the molecule is CC(C)(C)SCC(=O)Nc1ccccc1C(=O)NCC(F)(F)F. The van der Waals surface area contributed by atoms with Crippen molar-refractivity contribution in [2.24, 2.45) is 0 Å². The van der Waals surface area contributed by atoms with Crippen molar-refractivity contribution >= 4 is 29.3 Å². The summed E-state index contributed by atoms with van der Waals surface area (Å²) in [6.45, 7) is 4.46. The molecule has 8 heteroatoms. The summed E-state index contributed by atoms with van der Waals surface area (Å²) in [7, 11) is 0. The first-order valence-electron chi connectivity index (χ1n) is 6.86. The molecule has 1 aromatic rings. The van der Waals surface area contributed by atoms with Crippen LogP contribution in [0.15, 0.2) is 24.3 Å². The Bertz CT molecular complexity index is 569. The number of halogens is 3. The summed E-state index contributed by atoms with van der Waals surface area (Å²) in [5.41, 5.74) is 0.178. The molecule has 128 valence electrons. The number of hydrogen-bond acceptors (Lipinski definition) is 3. The first-order valence-corrected chi connectivity index (χ1v) is 7.84. The largest absolute Gasteiger partial charge is 0.405 e. The average Bonchev–Trinajstić information content (AvgIpc) is 2.42. The van der Waals surface area contributed by atoms with Crippen LogP contribution in [0.3, 0.4) is 0 Å². The first-order chi connectivity index (χ1) is 10.5. The van der Waals surface area contributed by atoms with Crippen molar-refractivity contribution in [2.75, 3.05) is 17.6 Å². The van der Waals surface area contributed by atoms with Crippen LogP contribution in [0.2, 0.25) is 0 Å². The summed E-state index contributed by atoms with van der Waals surface area (Å²) in [5, 5.41) is 4.35. The smallest absolute Gasteiger partial charge is 0.343 e. The fourth-order valence-electron chi connectivity index (χ4n) is 1.53. The van der Waals surface area contributed by atoms with Gasteiger partial charge in [-0.05, 0) is 12.1 Å². The van der Waals surface area contributed by atoms with Gasteiger partial charge in [0.1, 0.15) is 6.54 Å². The molecule has 0 spiro atoms. The Morgan fingerprint density at radius 2 is 1.74 bits per heavy atom. The summed E-state index contributed by atoms with van der Waals surface area (Å²) in [6.07, 6.45) is -4.49. The lowest BCUT2D eigenvalue weighted by Crippen LogP contribution is -2.34. The quantitative estimate of drug-likeness (QED) is 0.857. The molecule has 0 aliphatic carbocycles. The van der Waals surface area contributed by atoms with Crippen molar-refractivity contribution in [1.29, 1.82) is 0 Å². The molecule has 0 saturated carbocycles. The number of benzene rings is 1. The van der Waals surface area contributed by atoms with E-state index in [1.807, 2.05) is 20.8 Å². The van der Waals surface area contributed by atoms with Gasteiger partial charge in [-0.1, -0.05) is 32.9 Å². The van der Waals surface area contributed by atoms with Crippen LogP contribution in [0.4, 0.5) is 18.9 Å². The molecule has 0 aliphatic heterocycles. The summed E-state index contributed by atoms with van der Waals surface area (Å²) in [4.78, 5) is 23.8. The van der Waals surface area contributed by atoms with Gasteiger partial charge < -0.3 is 10.6 Å². The standard InChI is InChI=1S/C15H19F3N2O2S/c1-14(2,3)23-8-12(21)20-11-7-5-4-6-10(11)13(22)19-9-15(16,17)18/h4-7H,8-9H2,1-3H3,(H,19,22)(H,20,21). The van der Waals surface area contributed by atoms with Crippen LogP contribution in [-0.2, 0) is 4.79 Å². The van der Waals surface area contributed by atoms with E-state index in [0.717, 1.165) is 0 Å². The number of thioether (sulfide) groups is 1. The van der Waals surface area contributed by atoms with Crippen molar-refractivity contribution in [3.8, 4) is 0 Å². The van der Waals surface area contributed by atoms with Crippen molar-refractivity contribution in [1.82, 2.24) is 5.32 Å². The maximum atomic E-state index is 12.2. The lowest BCUT2D eigenvalue weighted by atomic mass is 10.1. The maximum absolute atomic E-state index is 12.2. The van der Waals surface area contributed by atoms with E-state index in [1.54, 1.807) is 11.4 Å². The summed E-state index contributed by atoms with van der Waals surface area (Å²) in [6, 6.07) is 5.94. The minimum atomic E-state index is -4.49. The lowest BCUT2D eigenvalue weighted by Gasteiger charge is -2.17. The minimum Gasteiger partial charge on any atom is -0.343 e. The Morgan fingerprint density at radius 3 is 2.30 bits per heavy atom. The van der Waals surface area contributed by atoms with E-state index in [1.165, 1.54) is 30.0 Å². The molecule has 0 heterocycles. The van der Waals surface area contributed by atoms with Gasteiger partial charge in [0.25, 0.3) is 5.91 Å². The van der Waals surface area contributed by atoms with Crippen LogP contribution >= 0.6 is 11.8 Å². The number of anilines is 1. The molecule has 0 atom stereocenters. The zero-order valence-corrected chi connectivity index (χ0v) is 13.9. The zero-order valence-electron chi connectivity index (χ0n) is 13.1. The minimum absolute atomic E-state index is 0.00846. The van der Waals surface area contributed by atoms with E-state index in [9.17, 15) is 22.8 Å². The van der Waals surface area contributed by atoms with Crippen molar-refractivity contribution in [3.63, 3.8) is 0 Å². The van der Waals surface area contributed by atoms with Gasteiger partial charge in [0, 0.05) is 4.75 Å². The number of nitrogens with one attached hydrogen (secondary N) is 2. The Balaban J connectivity index is 2.73. The summed E-state index contributed by atoms with van der Waals surface area (Å²) in [5.74, 6) is -1.02. The zero-order chi connectivity index (χ0) is 17.7. The molecule has 2 amide bonds. The predicted molar refractivity (Wildman–Crippen MR) is 85.7 cm³/mol. The molecule has 0 unspecified atom stereocenters. The fraction of sp³-hybridized carbons (Fsp3) is 0.467. The molecule has 0 saturated heterocycles. The highest BCUT2D eigenvalue weighted by Crippen LogP contribution is 2.23. The van der Waals surface area contributed by atoms with Crippen LogP contribution in [0.25, 0.3) is 0 Å². The van der Waals surface area contributed by atoms with Gasteiger partial charge in [-0.15, -0.1) is 11.8 Å². The highest BCUT2D eigenvalue weighted by atomic mass is 32.2. The number of carbonyl (C=O) groups is 2. The molecule has 4 nitrogen and oxygen atoms in total. The van der Waals surface area contributed by atoms with Gasteiger partial charge in [-0.2, -0.15) is 13.2 Å². The third-order valence-corrected chi connectivity index (χ3v) is 3.80. The maximum Gasteiger partial charge on any atom is 0.405 e. The highest BCUT2D eigenvalue weighted by molar-refractivity contribution is 8.01. The third-order valence-electron chi connectivity index (χ3n) is 2.53. The Kier molecular flexibility index (Phi) is 6.49. The van der Waals surface area contributed by atoms with E-state index in [2.05, 4.69) is 5.32 Å². The van der Waals surface area contributed by atoms with Gasteiger partial charge in [-0.25, -0.2) is 0 Å². The number of rotatable bonds is 5. The second-order valence-electron chi connectivity index (χ2n) is 5.79. The Hall–Kier alpha value is -1.70. The molecular weight excluding hydrogens is 329 g/mol. The van der Waals surface area contributed by atoms with Crippen LogP contribution < -0.4 is 10.6 Å². The van der Waals surface area contributed by atoms with E-state index in [0.29, 0.717) is 0 Å². The van der Waals surface area contributed by atoms with Gasteiger partial charge in [0.05, 0.1) is 17.0 Å². The van der Waals surface area contributed by atoms with E-state index >= 15 is 0 Å². The number of para-hydroxylation sites is 1. The van der Waals surface area contributed by atoms with Gasteiger partial charge in [0.2, 0.25) is 5.91 Å². The number of alkyl halides is 3. The molecular formula is C15H19F3N2O2S. The lowest BCUT2D eigenvalue weighted by molar-refractivity contribution is -0.123. The molecule has 0 aliphatic rings. The third kappa shape index (κ3) is 7.92. The molecule has 0 bridgehead atoms. The molecule has 2 N–H and O–H groups in total. The summed E-state index contributed by atoms with van der Waals surface area (Å²) >= 11 is 1.43. The average molecular weight is 348 g/mol. The number of amides is 2. The van der Waals surface area contributed by atoms with Crippen molar-refractivity contribution in [2.45, 2.75) is 31.7 Å². The molecule has 1 rings (SSSR count). The molecule has 0 aromatic heterocycles. The van der Waals surface area contributed by atoms with Gasteiger partial charge in [0.15, 0.2) is 0 Å². The van der Waals surface area contributed by atoms with Crippen LogP contribution in [0.1, 0.15) is 31.1 Å². The Morgan fingerprint density at radius 1 is 1.13 bits per heavy atom. The fourth-order valence-corrected chi connectivity index (χ4v) is 2.17. The number of carbonyl (C=O) groups excluding carboxylic acids is 2. The first kappa shape index (κ1) is 19.3. The van der Waals surface area contributed by atoms with Crippen LogP contribution in [0, 0.1) is 0 Å². The van der Waals surface area contributed by atoms with E-state index in [-0.39, 0.29) is 27.7 Å². The van der Waals surface area contributed by atoms with Gasteiger partial charge in [-0.3, -0.25) is 9.59 Å². The molecule has 23 heavy (non-hydrogen) atoms. The predicted octanol–water partition coefficient (Wildman–Crippen LogP) is 3.45. The second kappa shape index (κ2) is 7.72. The van der Waals surface area contributed by atoms with Crippen molar-refractivity contribution in [3.05, 3.63) is 29.8 Å². The number of hydrogen-bond donors (Lipinski definition) is 2. The van der Waals surface area contributed by atoms with Crippen LogP contribution in [0.5, 0.6) is 0 Å².